The van der Waals surface area contributed by atoms with E-state index in [1.165, 1.54) is 10.5 Å². The number of rotatable bonds is 6. The number of benzene rings is 1. The molecule has 2 rings (SSSR count). The number of nitrogens with one attached hydrogen (secondary N) is 1. The first kappa shape index (κ1) is 14.9. The van der Waals surface area contributed by atoms with Crippen molar-refractivity contribution in [3.63, 3.8) is 0 Å². The highest BCUT2D eigenvalue weighted by Crippen LogP contribution is 2.18. The first-order valence-corrected chi connectivity index (χ1v) is 8.12. The second-order valence-electron chi connectivity index (χ2n) is 5.13. The number of nitrogens with zero attached hydrogens (tertiary/aromatic N) is 1. The van der Waals surface area contributed by atoms with Crippen LogP contribution in [0.5, 0.6) is 0 Å². The van der Waals surface area contributed by atoms with Gasteiger partial charge in [0.05, 0.1) is 6.54 Å². The van der Waals surface area contributed by atoms with Gasteiger partial charge in [0.1, 0.15) is 0 Å². The zero-order valence-electron chi connectivity index (χ0n) is 11.9. The first-order chi connectivity index (χ1) is 9.60. The molecular weight excluding hydrogens is 272 g/mol. The molecule has 1 aliphatic carbocycles. The zero-order valence-corrected chi connectivity index (χ0v) is 12.7. The molecule has 0 spiro atoms. The first-order valence-electron chi connectivity index (χ1n) is 6.73. The molecule has 1 fully saturated rings. The normalized spacial score (nSPS) is 13.9. The summed E-state index contributed by atoms with van der Waals surface area (Å²) in [4.78, 5) is 25.3. The van der Waals surface area contributed by atoms with E-state index in [2.05, 4.69) is 5.32 Å². The minimum absolute atomic E-state index is 0.0812. The van der Waals surface area contributed by atoms with Crippen molar-refractivity contribution in [2.75, 3.05) is 19.8 Å². The third kappa shape index (κ3) is 4.27. The SMILES string of the molecule is CSCc1ccc(C(=O)N(C)CC(=O)NC2CC2)cc1. The van der Waals surface area contributed by atoms with E-state index in [0.29, 0.717) is 11.6 Å². The molecule has 1 aliphatic rings. The highest BCUT2D eigenvalue weighted by atomic mass is 32.2. The fourth-order valence-electron chi connectivity index (χ4n) is 1.92. The number of carbonyl (C=O) groups is 2. The molecule has 0 heterocycles. The molecule has 108 valence electrons. The van der Waals surface area contributed by atoms with E-state index in [-0.39, 0.29) is 18.4 Å². The van der Waals surface area contributed by atoms with Gasteiger partial charge >= 0.3 is 0 Å². The van der Waals surface area contributed by atoms with Crippen LogP contribution in [0.3, 0.4) is 0 Å². The predicted molar refractivity (Wildman–Crippen MR) is 81.8 cm³/mol. The third-order valence-corrected chi connectivity index (χ3v) is 3.80. The molecule has 2 amide bonds. The Morgan fingerprint density at radius 1 is 1.30 bits per heavy atom. The Morgan fingerprint density at radius 3 is 2.50 bits per heavy atom. The van der Waals surface area contributed by atoms with Crippen LogP contribution in [0, 0.1) is 0 Å². The number of amides is 2. The van der Waals surface area contributed by atoms with Crippen molar-refractivity contribution in [3.8, 4) is 0 Å². The Bertz CT molecular complexity index is 483. The summed E-state index contributed by atoms with van der Waals surface area (Å²) in [6.45, 7) is 0.113. The van der Waals surface area contributed by atoms with Crippen LogP contribution < -0.4 is 5.32 Å². The van der Waals surface area contributed by atoms with Gasteiger partial charge in [-0.15, -0.1) is 0 Å². The van der Waals surface area contributed by atoms with E-state index in [0.717, 1.165) is 18.6 Å². The van der Waals surface area contributed by atoms with Crippen LogP contribution in [-0.2, 0) is 10.5 Å². The topological polar surface area (TPSA) is 49.4 Å². The summed E-state index contributed by atoms with van der Waals surface area (Å²) in [6.07, 6.45) is 4.16. The van der Waals surface area contributed by atoms with Gasteiger partial charge in [-0.05, 0) is 36.8 Å². The van der Waals surface area contributed by atoms with Crippen LogP contribution in [-0.4, -0.2) is 42.6 Å². The standard InChI is InChI=1S/C15H20N2O2S/c1-17(9-14(18)16-13-7-8-13)15(19)12-5-3-11(4-6-12)10-20-2/h3-6,13H,7-10H2,1-2H3,(H,16,18). The summed E-state index contributed by atoms with van der Waals surface area (Å²) < 4.78 is 0. The van der Waals surface area contributed by atoms with Crippen LogP contribution in [0.2, 0.25) is 0 Å². The summed E-state index contributed by atoms with van der Waals surface area (Å²) >= 11 is 1.75. The second-order valence-corrected chi connectivity index (χ2v) is 6.00. The number of thioether (sulfide) groups is 1. The molecule has 1 saturated carbocycles. The van der Waals surface area contributed by atoms with Gasteiger partial charge < -0.3 is 10.2 Å². The molecule has 1 aromatic carbocycles. The van der Waals surface area contributed by atoms with Crippen molar-refractivity contribution < 1.29 is 9.59 Å². The lowest BCUT2D eigenvalue weighted by molar-refractivity contribution is -0.121. The van der Waals surface area contributed by atoms with Crippen molar-refractivity contribution in [1.29, 1.82) is 0 Å². The molecule has 0 bridgehead atoms. The number of hydrogen-bond donors (Lipinski definition) is 1. The summed E-state index contributed by atoms with van der Waals surface area (Å²) in [5.74, 6) is 0.739. The van der Waals surface area contributed by atoms with E-state index in [4.69, 9.17) is 0 Å². The fraction of sp³-hybridized carbons (Fsp3) is 0.467. The lowest BCUT2D eigenvalue weighted by Gasteiger charge is -2.17. The monoisotopic (exact) mass is 292 g/mol. The van der Waals surface area contributed by atoms with Crippen molar-refractivity contribution in [2.45, 2.75) is 24.6 Å². The van der Waals surface area contributed by atoms with E-state index in [1.807, 2.05) is 30.5 Å². The quantitative estimate of drug-likeness (QED) is 0.871. The van der Waals surface area contributed by atoms with E-state index in [9.17, 15) is 9.59 Å². The summed E-state index contributed by atoms with van der Waals surface area (Å²) in [5, 5.41) is 2.88. The van der Waals surface area contributed by atoms with E-state index >= 15 is 0 Å². The van der Waals surface area contributed by atoms with Crippen molar-refractivity contribution in [1.82, 2.24) is 10.2 Å². The molecule has 4 nitrogen and oxygen atoms in total. The van der Waals surface area contributed by atoms with Gasteiger partial charge in [0.15, 0.2) is 0 Å². The summed E-state index contributed by atoms with van der Waals surface area (Å²) in [5.41, 5.74) is 1.82. The molecule has 0 aliphatic heterocycles. The Kier molecular flexibility index (Phi) is 5.06. The van der Waals surface area contributed by atoms with Gasteiger partial charge in [-0.25, -0.2) is 0 Å². The Morgan fingerprint density at radius 2 is 1.95 bits per heavy atom. The molecule has 0 unspecified atom stereocenters. The van der Waals surface area contributed by atoms with Gasteiger partial charge in [-0.3, -0.25) is 9.59 Å². The predicted octanol–water partition coefficient (Wildman–Crippen LogP) is 1.90. The van der Waals surface area contributed by atoms with Gasteiger partial charge in [0.25, 0.3) is 5.91 Å². The van der Waals surface area contributed by atoms with E-state index in [1.54, 1.807) is 18.8 Å². The molecular formula is C15H20N2O2S. The maximum absolute atomic E-state index is 12.2. The van der Waals surface area contributed by atoms with Crippen LogP contribution in [0.4, 0.5) is 0 Å². The second kappa shape index (κ2) is 6.79. The summed E-state index contributed by atoms with van der Waals surface area (Å²) in [6, 6.07) is 7.90. The molecule has 1 N–H and O–H groups in total. The molecule has 20 heavy (non-hydrogen) atoms. The van der Waals surface area contributed by atoms with Crippen LogP contribution >= 0.6 is 11.8 Å². The molecule has 0 saturated heterocycles. The average Bonchev–Trinajstić information content (AvgIpc) is 3.23. The van der Waals surface area contributed by atoms with Gasteiger partial charge in [0, 0.05) is 24.4 Å². The van der Waals surface area contributed by atoms with Gasteiger partial charge in [-0.2, -0.15) is 11.8 Å². The van der Waals surface area contributed by atoms with Crippen molar-refractivity contribution >= 4 is 23.6 Å². The third-order valence-electron chi connectivity index (χ3n) is 3.18. The maximum Gasteiger partial charge on any atom is 0.254 e. The fourth-order valence-corrected chi connectivity index (χ4v) is 2.44. The smallest absolute Gasteiger partial charge is 0.254 e. The van der Waals surface area contributed by atoms with Crippen molar-refractivity contribution in [2.24, 2.45) is 0 Å². The Hall–Kier alpha value is -1.49. The number of hydrogen-bond acceptors (Lipinski definition) is 3. The van der Waals surface area contributed by atoms with E-state index < -0.39 is 0 Å². The largest absolute Gasteiger partial charge is 0.352 e. The molecule has 0 aromatic heterocycles. The number of carbonyl (C=O) groups excluding carboxylic acids is 2. The molecule has 5 heteroatoms. The lowest BCUT2D eigenvalue weighted by Crippen LogP contribution is -2.39. The van der Waals surface area contributed by atoms with Gasteiger partial charge in [0.2, 0.25) is 5.91 Å². The van der Waals surface area contributed by atoms with Crippen LogP contribution in [0.15, 0.2) is 24.3 Å². The van der Waals surface area contributed by atoms with Crippen LogP contribution in [0.1, 0.15) is 28.8 Å². The minimum atomic E-state index is -0.119. The highest BCUT2D eigenvalue weighted by molar-refractivity contribution is 7.97. The lowest BCUT2D eigenvalue weighted by atomic mass is 10.1. The van der Waals surface area contributed by atoms with Gasteiger partial charge in [-0.1, -0.05) is 12.1 Å². The maximum atomic E-state index is 12.2. The Labute approximate surface area is 123 Å². The molecule has 0 atom stereocenters. The average molecular weight is 292 g/mol. The zero-order chi connectivity index (χ0) is 14.5. The minimum Gasteiger partial charge on any atom is -0.352 e. The molecule has 1 aromatic rings. The summed E-state index contributed by atoms with van der Waals surface area (Å²) in [7, 11) is 1.66. The highest BCUT2D eigenvalue weighted by Gasteiger charge is 2.24. The van der Waals surface area contributed by atoms with Crippen molar-refractivity contribution in [3.05, 3.63) is 35.4 Å². The number of likely N-dealkylation sites (N-methyl/N-ethyl adjacent to an activating group) is 1. The molecule has 0 radical (unpaired) electrons. The Balaban J connectivity index is 1.89. The van der Waals surface area contributed by atoms with Crippen LogP contribution in [0.25, 0.3) is 0 Å².